The second-order valence-corrected chi connectivity index (χ2v) is 7.34. The van der Waals surface area contributed by atoms with E-state index in [0.29, 0.717) is 0 Å². The first kappa shape index (κ1) is 16.4. The van der Waals surface area contributed by atoms with Gasteiger partial charge in [0.25, 0.3) is 0 Å². The Kier molecular flexibility index (Phi) is 3.63. The van der Waals surface area contributed by atoms with Gasteiger partial charge in [0.1, 0.15) is 0 Å². The molecule has 2 N–H and O–H groups in total. The van der Waals surface area contributed by atoms with Gasteiger partial charge in [-0.2, -0.15) is 0 Å². The van der Waals surface area contributed by atoms with Gasteiger partial charge in [0.15, 0.2) is 0 Å². The summed E-state index contributed by atoms with van der Waals surface area (Å²) in [5.41, 5.74) is -0.776. The van der Waals surface area contributed by atoms with Crippen LogP contribution in [0.15, 0.2) is 22.6 Å². The minimum absolute atomic E-state index is 0.0380. The molecule has 0 radical (unpaired) electrons. The Morgan fingerprint density at radius 3 is 2.67 bits per heavy atom. The highest BCUT2D eigenvalue weighted by atomic mass is 16.4. The smallest absolute Gasteiger partial charge is 0.331 e. The highest BCUT2D eigenvalue weighted by Crippen LogP contribution is 2.71. The van der Waals surface area contributed by atoms with Gasteiger partial charge in [-0.25, -0.2) is 4.79 Å². The van der Waals surface area contributed by atoms with Crippen molar-refractivity contribution in [3.8, 4) is 18.2 Å². The molecule has 2 aliphatic rings. The van der Waals surface area contributed by atoms with Crippen LogP contribution in [0.3, 0.4) is 0 Å². The van der Waals surface area contributed by atoms with Crippen LogP contribution in [0.5, 0.6) is 5.88 Å². The zero-order valence-corrected chi connectivity index (χ0v) is 14.0. The lowest BCUT2D eigenvalue weighted by atomic mass is 9.90. The van der Waals surface area contributed by atoms with Gasteiger partial charge in [0.2, 0.25) is 5.88 Å². The number of carboxylic acids is 1. The number of terminal acetylenes is 1. The first-order valence-electron chi connectivity index (χ1n) is 8.11. The van der Waals surface area contributed by atoms with E-state index in [1.165, 1.54) is 16.3 Å². The summed E-state index contributed by atoms with van der Waals surface area (Å²) in [5.74, 6) is 0.997. The molecule has 24 heavy (non-hydrogen) atoms. The molecule has 6 nitrogen and oxygen atoms in total. The molecule has 0 saturated heterocycles. The fourth-order valence-corrected chi connectivity index (χ4v) is 3.93. The highest BCUT2D eigenvalue weighted by Gasteiger charge is 2.75. The Hall–Kier alpha value is -2.42. The van der Waals surface area contributed by atoms with E-state index >= 15 is 0 Å². The van der Waals surface area contributed by atoms with Crippen LogP contribution < -0.4 is 5.69 Å². The van der Waals surface area contributed by atoms with Crippen LogP contribution in [0, 0.1) is 29.1 Å². The Bertz CT molecular complexity index is 815. The summed E-state index contributed by atoms with van der Waals surface area (Å²) in [6.45, 7) is 3.78. The van der Waals surface area contributed by atoms with E-state index in [-0.39, 0.29) is 24.9 Å². The lowest BCUT2D eigenvalue weighted by Crippen LogP contribution is -2.33. The summed E-state index contributed by atoms with van der Waals surface area (Å²) < 4.78 is 2.33. The van der Waals surface area contributed by atoms with Crippen molar-refractivity contribution in [2.45, 2.75) is 46.2 Å². The SMILES string of the molecule is C#CCn1cc(O)n(C[C@@]2(C(=O)O)[C@H](C=C3CCC3)C2(C)C)c1=O. The van der Waals surface area contributed by atoms with E-state index in [1.54, 1.807) is 0 Å². The minimum atomic E-state index is -1.10. The third kappa shape index (κ3) is 2.11. The lowest BCUT2D eigenvalue weighted by molar-refractivity contribution is -0.145. The zero-order chi connectivity index (χ0) is 17.7. The number of hydrogen-bond acceptors (Lipinski definition) is 3. The maximum Gasteiger partial charge on any atom is 0.331 e. The zero-order valence-electron chi connectivity index (χ0n) is 14.0. The molecule has 1 heterocycles. The highest BCUT2D eigenvalue weighted by molar-refractivity contribution is 5.81. The molecular formula is C18H22N2O4. The van der Waals surface area contributed by atoms with Crippen molar-refractivity contribution >= 4 is 5.97 Å². The average molecular weight is 330 g/mol. The van der Waals surface area contributed by atoms with E-state index in [1.807, 2.05) is 13.8 Å². The van der Waals surface area contributed by atoms with E-state index in [4.69, 9.17) is 6.42 Å². The molecule has 0 spiro atoms. The minimum Gasteiger partial charge on any atom is -0.493 e. The van der Waals surface area contributed by atoms with E-state index in [2.05, 4.69) is 12.0 Å². The van der Waals surface area contributed by atoms with Gasteiger partial charge in [-0.05, 0) is 24.7 Å². The van der Waals surface area contributed by atoms with Crippen LogP contribution in [0.1, 0.15) is 33.1 Å². The van der Waals surface area contributed by atoms with Crippen LogP contribution in [0.25, 0.3) is 0 Å². The molecule has 2 saturated carbocycles. The molecule has 128 valence electrons. The van der Waals surface area contributed by atoms with Gasteiger partial charge >= 0.3 is 11.7 Å². The predicted octanol–water partition coefficient (Wildman–Crippen LogP) is 1.83. The predicted molar refractivity (Wildman–Crippen MR) is 88.5 cm³/mol. The first-order chi connectivity index (χ1) is 11.3. The Morgan fingerprint density at radius 2 is 2.17 bits per heavy atom. The lowest BCUT2D eigenvalue weighted by Gasteiger charge is -2.17. The number of carboxylic acid groups (broad SMARTS) is 1. The molecule has 0 aliphatic heterocycles. The summed E-state index contributed by atoms with van der Waals surface area (Å²) >= 11 is 0. The maximum absolute atomic E-state index is 12.4. The molecule has 2 atom stereocenters. The number of aromatic hydroxyl groups is 1. The quantitative estimate of drug-likeness (QED) is 0.637. The van der Waals surface area contributed by atoms with Crippen molar-refractivity contribution in [3.63, 3.8) is 0 Å². The molecule has 3 rings (SSSR count). The fraction of sp³-hybridized carbons (Fsp3) is 0.556. The van der Waals surface area contributed by atoms with Crippen LogP contribution in [0.4, 0.5) is 0 Å². The summed E-state index contributed by atoms with van der Waals surface area (Å²) in [6.07, 6.45) is 11.7. The number of carbonyl (C=O) groups is 1. The third-order valence-corrected chi connectivity index (χ3v) is 5.85. The molecule has 6 heteroatoms. The summed E-state index contributed by atoms with van der Waals surface area (Å²) in [4.78, 5) is 24.5. The van der Waals surface area contributed by atoms with Gasteiger partial charge < -0.3 is 10.2 Å². The van der Waals surface area contributed by atoms with Gasteiger partial charge in [0.05, 0.1) is 18.2 Å². The second-order valence-electron chi connectivity index (χ2n) is 7.34. The topological polar surface area (TPSA) is 84.5 Å². The van der Waals surface area contributed by atoms with Crippen LogP contribution in [-0.4, -0.2) is 25.3 Å². The number of hydrogen-bond donors (Lipinski definition) is 2. The molecule has 0 amide bonds. The van der Waals surface area contributed by atoms with E-state index < -0.39 is 22.5 Å². The summed E-state index contributed by atoms with van der Waals surface area (Å²) in [6, 6.07) is 0. The number of imidazole rings is 1. The molecule has 0 bridgehead atoms. The van der Waals surface area contributed by atoms with Crippen LogP contribution in [0.2, 0.25) is 0 Å². The number of nitrogens with zero attached hydrogens (tertiary/aromatic N) is 2. The van der Waals surface area contributed by atoms with E-state index in [0.717, 1.165) is 23.8 Å². The van der Waals surface area contributed by atoms with Crippen molar-refractivity contribution in [1.82, 2.24) is 9.13 Å². The molecular weight excluding hydrogens is 308 g/mol. The standard InChI is InChI=1S/C18H22N2O4/c1-4-8-19-10-14(21)20(16(19)24)11-18(15(22)23)13(17(18,2)3)9-12-6-5-7-12/h1,9-10,13,21H,5-8,11H2,2-3H3,(H,22,23)/t13-,18+/m1/s1. The Balaban J connectivity index is 1.98. The molecule has 0 aromatic carbocycles. The second kappa shape index (κ2) is 5.30. The maximum atomic E-state index is 12.4. The van der Waals surface area contributed by atoms with Crippen molar-refractivity contribution in [3.05, 3.63) is 28.3 Å². The Morgan fingerprint density at radius 1 is 1.50 bits per heavy atom. The molecule has 1 aromatic heterocycles. The number of aromatic nitrogens is 2. The molecule has 2 aliphatic carbocycles. The monoisotopic (exact) mass is 330 g/mol. The van der Waals surface area contributed by atoms with E-state index in [9.17, 15) is 19.8 Å². The van der Waals surface area contributed by atoms with Crippen LogP contribution in [-0.2, 0) is 17.9 Å². The molecule has 2 fully saturated rings. The van der Waals surface area contributed by atoms with Crippen molar-refractivity contribution < 1.29 is 15.0 Å². The normalized spacial score (nSPS) is 27.2. The Labute approximate surface area is 140 Å². The van der Waals surface area contributed by atoms with Crippen molar-refractivity contribution in [2.24, 2.45) is 16.7 Å². The number of aliphatic carboxylic acids is 1. The fourth-order valence-electron chi connectivity index (χ4n) is 3.93. The molecule has 0 unspecified atom stereocenters. The van der Waals surface area contributed by atoms with Crippen molar-refractivity contribution in [2.75, 3.05) is 0 Å². The van der Waals surface area contributed by atoms with Gasteiger partial charge in [0, 0.05) is 12.5 Å². The van der Waals surface area contributed by atoms with Crippen LogP contribution >= 0.6 is 0 Å². The third-order valence-electron chi connectivity index (χ3n) is 5.85. The summed E-state index contributed by atoms with van der Waals surface area (Å²) in [5, 5.41) is 20.0. The van der Waals surface area contributed by atoms with Gasteiger partial charge in [-0.15, -0.1) is 6.42 Å². The average Bonchev–Trinajstić information content (AvgIpc) is 2.81. The first-order valence-corrected chi connectivity index (χ1v) is 8.11. The molecule has 1 aromatic rings. The largest absolute Gasteiger partial charge is 0.493 e. The van der Waals surface area contributed by atoms with Gasteiger partial charge in [-0.3, -0.25) is 13.9 Å². The van der Waals surface area contributed by atoms with Gasteiger partial charge in [-0.1, -0.05) is 31.4 Å². The summed E-state index contributed by atoms with van der Waals surface area (Å²) in [7, 11) is 0. The number of allylic oxidation sites excluding steroid dienone is 2. The number of rotatable bonds is 5. The van der Waals surface area contributed by atoms with Crippen molar-refractivity contribution in [1.29, 1.82) is 0 Å².